The molecule has 0 aliphatic carbocycles. The summed E-state index contributed by atoms with van der Waals surface area (Å²) in [5.41, 5.74) is -0.961. The van der Waals surface area contributed by atoms with Gasteiger partial charge in [-0.05, 0) is 12.8 Å². The summed E-state index contributed by atoms with van der Waals surface area (Å²) >= 11 is 0. The maximum atomic E-state index is 11.3. The zero-order valence-electron chi connectivity index (χ0n) is 8.82. The van der Waals surface area contributed by atoms with Crippen LogP contribution in [-0.4, -0.2) is 22.8 Å². The number of carbonyl (C=O) groups is 1. The Kier molecular flexibility index (Phi) is 3.32. The van der Waals surface area contributed by atoms with E-state index < -0.39 is 5.60 Å². The summed E-state index contributed by atoms with van der Waals surface area (Å²) in [5.74, 6) is -0.331. The first-order chi connectivity index (χ1) is 6.53. The van der Waals surface area contributed by atoms with Gasteiger partial charge < -0.3 is 9.84 Å². The van der Waals surface area contributed by atoms with Gasteiger partial charge in [0.1, 0.15) is 6.10 Å². The first kappa shape index (κ1) is 11.2. The summed E-state index contributed by atoms with van der Waals surface area (Å²) < 4.78 is 5.16. The molecular weight excluding hydrogens is 180 g/mol. The SMILES string of the molecule is C=CC[C@@]1(O)CC(=O)O[C@@H](CC)[C@@H]1C. The summed E-state index contributed by atoms with van der Waals surface area (Å²) in [6, 6.07) is 0. The molecule has 0 spiro atoms. The average molecular weight is 198 g/mol. The van der Waals surface area contributed by atoms with Crippen LogP contribution in [0.4, 0.5) is 0 Å². The van der Waals surface area contributed by atoms with E-state index in [4.69, 9.17) is 4.74 Å². The van der Waals surface area contributed by atoms with E-state index in [1.807, 2.05) is 13.8 Å². The van der Waals surface area contributed by atoms with Gasteiger partial charge in [-0.2, -0.15) is 0 Å². The van der Waals surface area contributed by atoms with Crippen LogP contribution in [0.15, 0.2) is 12.7 Å². The molecule has 1 fully saturated rings. The fourth-order valence-corrected chi connectivity index (χ4v) is 2.01. The second kappa shape index (κ2) is 4.13. The zero-order valence-corrected chi connectivity index (χ0v) is 8.82. The van der Waals surface area contributed by atoms with Gasteiger partial charge in [-0.1, -0.05) is 19.9 Å². The molecule has 0 saturated carbocycles. The molecule has 1 rings (SSSR count). The van der Waals surface area contributed by atoms with Gasteiger partial charge in [0, 0.05) is 5.92 Å². The van der Waals surface area contributed by atoms with Crippen LogP contribution in [0.2, 0.25) is 0 Å². The number of hydrogen-bond donors (Lipinski definition) is 1. The van der Waals surface area contributed by atoms with E-state index in [1.54, 1.807) is 6.08 Å². The molecule has 0 aromatic heterocycles. The maximum absolute atomic E-state index is 11.3. The van der Waals surface area contributed by atoms with Crippen molar-refractivity contribution >= 4 is 5.97 Å². The van der Waals surface area contributed by atoms with Crippen molar-refractivity contribution in [1.82, 2.24) is 0 Å². The lowest BCUT2D eigenvalue weighted by molar-refractivity contribution is -0.182. The second-order valence-electron chi connectivity index (χ2n) is 4.00. The van der Waals surface area contributed by atoms with Crippen LogP contribution in [-0.2, 0) is 9.53 Å². The third-order valence-electron chi connectivity index (χ3n) is 3.04. The smallest absolute Gasteiger partial charge is 0.309 e. The molecule has 1 saturated heterocycles. The lowest BCUT2D eigenvalue weighted by atomic mass is 9.77. The van der Waals surface area contributed by atoms with E-state index in [-0.39, 0.29) is 24.4 Å². The van der Waals surface area contributed by atoms with Crippen LogP contribution in [0.3, 0.4) is 0 Å². The molecule has 3 atom stereocenters. The minimum atomic E-state index is -0.961. The van der Waals surface area contributed by atoms with Gasteiger partial charge in [0.2, 0.25) is 0 Å². The zero-order chi connectivity index (χ0) is 10.8. The molecule has 1 heterocycles. The third kappa shape index (κ3) is 1.98. The number of esters is 1. The van der Waals surface area contributed by atoms with E-state index in [0.29, 0.717) is 6.42 Å². The summed E-state index contributed by atoms with van der Waals surface area (Å²) in [7, 11) is 0. The molecule has 0 amide bonds. The average Bonchev–Trinajstić information content (AvgIpc) is 2.11. The number of ether oxygens (including phenoxy) is 1. The predicted molar refractivity (Wildman–Crippen MR) is 53.7 cm³/mol. The Morgan fingerprint density at radius 2 is 2.43 bits per heavy atom. The molecule has 1 aliphatic heterocycles. The van der Waals surface area contributed by atoms with Crippen molar-refractivity contribution in [2.75, 3.05) is 0 Å². The molecule has 0 aromatic rings. The highest BCUT2D eigenvalue weighted by Crippen LogP contribution is 2.35. The Morgan fingerprint density at radius 3 is 2.93 bits per heavy atom. The quantitative estimate of drug-likeness (QED) is 0.554. The molecule has 0 unspecified atom stereocenters. The highest BCUT2D eigenvalue weighted by atomic mass is 16.5. The fourth-order valence-electron chi connectivity index (χ4n) is 2.01. The van der Waals surface area contributed by atoms with Gasteiger partial charge in [-0.25, -0.2) is 0 Å². The topological polar surface area (TPSA) is 46.5 Å². The van der Waals surface area contributed by atoms with Crippen LogP contribution in [0.5, 0.6) is 0 Å². The van der Waals surface area contributed by atoms with E-state index in [2.05, 4.69) is 6.58 Å². The molecule has 0 radical (unpaired) electrons. The van der Waals surface area contributed by atoms with Gasteiger partial charge in [-0.15, -0.1) is 6.58 Å². The van der Waals surface area contributed by atoms with Crippen molar-refractivity contribution in [1.29, 1.82) is 0 Å². The van der Waals surface area contributed by atoms with E-state index in [0.717, 1.165) is 6.42 Å². The van der Waals surface area contributed by atoms with Crippen molar-refractivity contribution in [3.05, 3.63) is 12.7 Å². The van der Waals surface area contributed by atoms with Crippen molar-refractivity contribution < 1.29 is 14.6 Å². The Bertz CT molecular complexity index is 237. The number of hydrogen-bond acceptors (Lipinski definition) is 3. The van der Waals surface area contributed by atoms with Crippen LogP contribution in [0, 0.1) is 5.92 Å². The highest BCUT2D eigenvalue weighted by molar-refractivity contribution is 5.72. The van der Waals surface area contributed by atoms with Gasteiger partial charge in [0.05, 0.1) is 12.0 Å². The summed E-state index contributed by atoms with van der Waals surface area (Å²) in [6.45, 7) is 7.47. The number of rotatable bonds is 3. The monoisotopic (exact) mass is 198 g/mol. The minimum absolute atomic E-state index is 0.0248. The Balaban J connectivity index is 2.83. The Labute approximate surface area is 84.8 Å². The summed E-state index contributed by atoms with van der Waals surface area (Å²) in [5, 5.41) is 10.2. The summed E-state index contributed by atoms with van der Waals surface area (Å²) in [6.07, 6.45) is 2.76. The lowest BCUT2D eigenvalue weighted by Gasteiger charge is -2.41. The van der Waals surface area contributed by atoms with Crippen molar-refractivity contribution in [2.45, 2.75) is 44.8 Å². The first-order valence-electron chi connectivity index (χ1n) is 5.06. The molecule has 3 nitrogen and oxygen atoms in total. The standard InChI is InChI=1S/C11H18O3/c1-4-6-11(13)7-10(12)14-9(5-2)8(11)3/h4,8-9,13H,1,5-7H2,2-3H3/t8-,9-,11+/m0/s1. The Hall–Kier alpha value is -0.830. The third-order valence-corrected chi connectivity index (χ3v) is 3.04. The van der Waals surface area contributed by atoms with Gasteiger partial charge in [0.15, 0.2) is 0 Å². The maximum Gasteiger partial charge on any atom is 0.309 e. The molecule has 0 aromatic carbocycles. The minimum Gasteiger partial charge on any atom is -0.462 e. The molecule has 1 aliphatic rings. The first-order valence-corrected chi connectivity index (χ1v) is 5.06. The van der Waals surface area contributed by atoms with Crippen molar-refractivity contribution in [3.63, 3.8) is 0 Å². The molecule has 3 heteroatoms. The van der Waals surface area contributed by atoms with Gasteiger partial charge in [0.25, 0.3) is 0 Å². The van der Waals surface area contributed by atoms with Gasteiger partial charge >= 0.3 is 5.97 Å². The normalized spacial score (nSPS) is 37.8. The lowest BCUT2D eigenvalue weighted by Crippen LogP contribution is -2.50. The predicted octanol–water partition coefficient (Wildman–Crippen LogP) is 1.66. The number of aliphatic hydroxyl groups is 1. The summed E-state index contributed by atoms with van der Waals surface area (Å²) in [4.78, 5) is 11.3. The van der Waals surface area contributed by atoms with Crippen LogP contribution in [0.1, 0.15) is 33.1 Å². The van der Waals surface area contributed by atoms with E-state index in [9.17, 15) is 9.90 Å². The van der Waals surface area contributed by atoms with Crippen LogP contribution < -0.4 is 0 Å². The van der Waals surface area contributed by atoms with Crippen LogP contribution in [0.25, 0.3) is 0 Å². The fraction of sp³-hybridized carbons (Fsp3) is 0.727. The number of carbonyl (C=O) groups excluding carboxylic acids is 1. The second-order valence-corrected chi connectivity index (χ2v) is 4.00. The number of cyclic esters (lactones) is 1. The van der Waals surface area contributed by atoms with E-state index in [1.165, 1.54) is 0 Å². The molecule has 14 heavy (non-hydrogen) atoms. The van der Waals surface area contributed by atoms with Crippen molar-refractivity contribution in [2.24, 2.45) is 5.92 Å². The van der Waals surface area contributed by atoms with Crippen LogP contribution >= 0.6 is 0 Å². The molecular formula is C11H18O3. The molecule has 80 valence electrons. The van der Waals surface area contributed by atoms with Gasteiger partial charge in [-0.3, -0.25) is 4.79 Å². The molecule has 0 bridgehead atoms. The highest BCUT2D eigenvalue weighted by Gasteiger charge is 2.44. The van der Waals surface area contributed by atoms with Crippen molar-refractivity contribution in [3.8, 4) is 0 Å². The Morgan fingerprint density at radius 1 is 1.79 bits per heavy atom. The van der Waals surface area contributed by atoms with E-state index >= 15 is 0 Å². The molecule has 1 N–H and O–H groups in total. The largest absolute Gasteiger partial charge is 0.462 e.